The maximum absolute atomic E-state index is 10.5. The Bertz CT molecular complexity index is 344. The molecule has 1 aliphatic carbocycles. The molecule has 0 spiro atoms. The van der Waals surface area contributed by atoms with Crippen LogP contribution in [0.25, 0.3) is 0 Å². The molecule has 2 nitrogen and oxygen atoms in total. The van der Waals surface area contributed by atoms with Crippen molar-refractivity contribution in [3.63, 3.8) is 0 Å². The molecule has 0 saturated carbocycles. The predicted octanol–water partition coefficient (Wildman–Crippen LogP) is 2.31. The largest absolute Gasteiger partial charge is 0.496 e. The molecule has 0 amide bonds. The third-order valence-corrected chi connectivity index (χ3v) is 2.95. The van der Waals surface area contributed by atoms with E-state index in [1.165, 1.54) is 11.1 Å². The summed E-state index contributed by atoms with van der Waals surface area (Å²) in [7, 11) is 1.70. The smallest absolute Gasteiger partial charge is 0.122 e. The van der Waals surface area contributed by atoms with E-state index in [2.05, 4.69) is 6.07 Å². The molecule has 0 heterocycles. The molecule has 2 heteroatoms. The second kappa shape index (κ2) is 3.82. The van der Waals surface area contributed by atoms with Gasteiger partial charge in [-0.1, -0.05) is 12.1 Å². The van der Waals surface area contributed by atoms with Gasteiger partial charge < -0.3 is 9.53 Å². The van der Waals surface area contributed by atoms with E-state index in [-0.39, 0.29) is 0 Å². The summed E-state index contributed by atoms with van der Waals surface area (Å²) in [6.07, 6.45) is 3.77. The van der Waals surface area contributed by atoms with E-state index in [1.54, 1.807) is 7.11 Å². The molecule has 1 aromatic carbocycles. The van der Waals surface area contributed by atoms with Gasteiger partial charge in [0.1, 0.15) is 12.0 Å². The minimum Gasteiger partial charge on any atom is -0.496 e. The van der Waals surface area contributed by atoms with E-state index in [9.17, 15) is 4.79 Å². The summed E-state index contributed by atoms with van der Waals surface area (Å²) in [5.74, 6) is 1.38. The van der Waals surface area contributed by atoms with Crippen molar-refractivity contribution >= 4 is 6.29 Å². The highest BCUT2D eigenvalue weighted by Gasteiger charge is 2.24. The van der Waals surface area contributed by atoms with E-state index >= 15 is 0 Å². The normalized spacial score (nSPS) is 19.1. The zero-order valence-electron chi connectivity index (χ0n) is 8.32. The molecule has 1 aromatic rings. The van der Waals surface area contributed by atoms with E-state index in [0.717, 1.165) is 24.9 Å². The Hall–Kier alpha value is -1.31. The van der Waals surface area contributed by atoms with Crippen LogP contribution in [0.15, 0.2) is 18.2 Å². The average Bonchev–Trinajstić information content (AvgIpc) is 2.62. The monoisotopic (exact) mass is 190 g/mol. The predicted molar refractivity (Wildman–Crippen MR) is 54.7 cm³/mol. The minimum atomic E-state index is 0.414. The Morgan fingerprint density at radius 3 is 3.14 bits per heavy atom. The Labute approximate surface area is 83.9 Å². The molecule has 0 aromatic heterocycles. The molecule has 1 unspecified atom stereocenters. The maximum Gasteiger partial charge on any atom is 0.122 e. The van der Waals surface area contributed by atoms with Gasteiger partial charge in [-0.05, 0) is 36.0 Å². The third kappa shape index (κ3) is 1.41. The SMILES string of the molecule is COc1cccc2c1CCC2CC=O. The van der Waals surface area contributed by atoms with Gasteiger partial charge in [-0.25, -0.2) is 0 Å². The molecule has 74 valence electrons. The number of hydrogen-bond donors (Lipinski definition) is 0. The van der Waals surface area contributed by atoms with E-state index in [0.29, 0.717) is 12.3 Å². The van der Waals surface area contributed by atoms with Gasteiger partial charge >= 0.3 is 0 Å². The molecule has 0 saturated heterocycles. The maximum atomic E-state index is 10.5. The second-order valence-corrected chi connectivity index (χ2v) is 3.67. The quantitative estimate of drug-likeness (QED) is 0.684. The number of hydrogen-bond acceptors (Lipinski definition) is 2. The van der Waals surface area contributed by atoms with Crippen molar-refractivity contribution in [3.8, 4) is 5.75 Å². The molecule has 0 radical (unpaired) electrons. The summed E-state index contributed by atoms with van der Waals surface area (Å²) >= 11 is 0. The van der Waals surface area contributed by atoms with Crippen LogP contribution in [0, 0.1) is 0 Å². The van der Waals surface area contributed by atoms with Gasteiger partial charge in [-0.15, -0.1) is 0 Å². The number of ether oxygens (including phenoxy) is 1. The molecule has 14 heavy (non-hydrogen) atoms. The lowest BCUT2D eigenvalue weighted by Gasteiger charge is -2.09. The molecule has 0 aliphatic heterocycles. The van der Waals surface area contributed by atoms with Crippen LogP contribution in [0.4, 0.5) is 0 Å². The van der Waals surface area contributed by atoms with E-state index < -0.39 is 0 Å². The summed E-state index contributed by atoms with van der Waals surface area (Å²) in [4.78, 5) is 10.5. The molecule has 2 rings (SSSR count). The van der Waals surface area contributed by atoms with Crippen LogP contribution in [0.3, 0.4) is 0 Å². The molecule has 0 N–H and O–H groups in total. The van der Waals surface area contributed by atoms with E-state index in [1.807, 2.05) is 12.1 Å². The average molecular weight is 190 g/mol. The summed E-state index contributed by atoms with van der Waals surface area (Å²) in [6.45, 7) is 0. The lowest BCUT2D eigenvalue weighted by atomic mass is 9.98. The summed E-state index contributed by atoms with van der Waals surface area (Å²) in [5.41, 5.74) is 2.60. The van der Waals surface area contributed by atoms with Crippen molar-refractivity contribution < 1.29 is 9.53 Å². The number of carbonyl (C=O) groups excluding carboxylic acids is 1. The number of aldehydes is 1. The summed E-state index contributed by atoms with van der Waals surface area (Å²) in [5, 5.41) is 0. The van der Waals surface area contributed by atoms with Crippen LogP contribution in [-0.2, 0) is 11.2 Å². The number of rotatable bonds is 3. The van der Waals surface area contributed by atoms with Gasteiger partial charge in [0.05, 0.1) is 7.11 Å². The molecule has 0 bridgehead atoms. The van der Waals surface area contributed by atoms with Gasteiger partial charge in [0.2, 0.25) is 0 Å². The standard InChI is InChI=1S/C12H14O2/c1-14-12-4-2-3-10-9(7-8-13)5-6-11(10)12/h2-4,8-9H,5-7H2,1H3. The topological polar surface area (TPSA) is 26.3 Å². The van der Waals surface area contributed by atoms with Crippen LogP contribution < -0.4 is 4.74 Å². The Balaban J connectivity index is 2.36. The van der Waals surface area contributed by atoms with Gasteiger partial charge in [0.25, 0.3) is 0 Å². The minimum absolute atomic E-state index is 0.414. The second-order valence-electron chi connectivity index (χ2n) is 3.67. The van der Waals surface area contributed by atoms with Crippen molar-refractivity contribution in [1.29, 1.82) is 0 Å². The lowest BCUT2D eigenvalue weighted by molar-refractivity contribution is -0.108. The number of fused-ring (bicyclic) bond motifs is 1. The van der Waals surface area contributed by atoms with Crippen molar-refractivity contribution in [2.75, 3.05) is 7.11 Å². The highest BCUT2D eigenvalue weighted by Crippen LogP contribution is 2.39. The van der Waals surface area contributed by atoms with Crippen LogP contribution >= 0.6 is 0 Å². The Kier molecular flexibility index (Phi) is 2.53. The number of methoxy groups -OCH3 is 1. The van der Waals surface area contributed by atoms with Crippen LogP contribution in [0.5, 0.6) is 5.75 Å². The van der Waals surface area contributed by atoms with Gasteiger partial charge in [-0.3, -0.25) is 0 Å². The summed E-state index contributed by atoms with van der Waals surface area (Å²) < 4.78 is 5.30. The zero-order chi connectivity index (χ0) is 9.97. The molecule has 1 atom stereocenters. The first kappa shape index (κ1) is 9.25. The van der Waals surface area contributed by atoms with Gasteiger partial charge in [0.15, 0.2) is 0 Å². The summed E-state index contributed by atoms with van der Waals surface area (Å²) in [6, 6.07) is 6.10. The molecule has 0 fully saturated rings. The fourth-order valence-electron chi connectivity index (χ4n) is 2.26. The number of carbonyl (C=O) groups is 1. The van der Waals surface area contributed by atoms with Crippen molar-refractivity contribution in [1.82, 2.24) is 0 Å². The van der Waals surface area contributed by atoms with Crippen LogP contribution in [-0.4, -0.2) is 13.4 Å². The molecular formula is C12H14O2. The fourth-order valence-corrected chi connectivity index (χ4v) is 2.26. The van der Waals surface area contributed by atoms with Crippen LogP contribution in [0.2, 0.25) is 0 Å². The first-order chi connectivity index (χ1) is 6.86. The fraction of sp³-hybridized carbons (Fsp3) is 0.417. The Morgan fingerprint density at radius 1 is 1.57 bits per heavy atom. The zero-order valence-corrected chi connectivity index (χ0v) is 8.32. The first-order valence-corrected chi connectivity index (χ1v) is 4.96. The van der Waals surface area contributed by atoms with Crippen molar-refractivity contribution in [2.45, 2.75) is 25.2 Å². The van der Waals surface area contributed by atoms with E-state index in [4.69, 9.17) is 4.74 Å². The third-order valence-electron chi connectivity index (χ3n) is 2.95. The highest BCUT2D eigenvalue weighted by molar-refractivity contribution is 5.54. The lowest BCUT2D eigenvalue weighted by Crippen LogP contribution is -1.94. The van der Waals surface area contributed by atoms with Crippen molar-refractivity contribution in [2.24, 2.45) is 0 Å². The molecular weight excluding hydrogens is 176 g/mol. The van der Waals surface area contributed by atoms with Crippen LogP contribution in [0.1, 0.15) is 29.9 Å². The van der Waals surface area contributed by atoms with Gasteiger partial charge in [-0.2, -0.15) is 0 Å². The number of benzene rings is 1. The van der Waals surface area contributed by atoms with Crippen molar-refractivity contribution in [3.05, 3.63) is 29.3 Å². The first-order valence-electron chi connectivity index (χ1n) is 4.96. The van der Waals surface area contributed by atoms with Gasteiger partial charge in [0, 0.05) is 6.42 Å². The molecule has 1 aliphatic rings. The Morgan fingerprint density at radius 2 is 2.43 bits per heavy atom. The highest BCUT2D eigenvalue weighted by atomic mass is 16.5.